The van der Waals surface area contributed by atoms with E-state index >= 15 is 0 Å². The average molecular weight is 280 g/mol. The van der Waals surface area contributed by atoms with Crippen molar-refractivity contribution in [1.82, 2.24) is 0 Å². The zero-order valence-corrected chi connectivity index (χ0v) is 11.1. The van der Waals surface area contributed by atoms with E-state index < -0.39 is 0 Å². The standard InChI is InChI=1S/C14H11ClFNS/c15-9-5-6-12(11(16)7-9)17-13-8-18-14-4-2-1-3-10(13)14/h1-7,13,17H,8H2. The summed E-state index contributed by atoms with van der Waals surface area (Å²) < 4.78 is 13.7. The summed E-state index contributed by atoms with van der Waals surface area (Å²) in [7, 11) is 0. The van der Waals surface area contributed by atoms with E-state index in [4.69, 9.17) is 11.6 Å². The molecule has 0 aliphatic carbocycles. The number of hydrogen-bond acceptors (Lipinski definition) is 2. The Morgan fingerprint density at radius 2 is 2.06 bits per heavy atom. The van der Waals surface area contributed by atoms with Crippen LogP contribution in [-0.4, -0.2) is 5.75 Å². The van der Waals surface area contributed by atoms with Crippen LogP contribution in [0.3, 0.4) is 0 Å². The molecular formula is C14H11ClFNS. The Bertz CT molecular complexity index is 588. The van der Waals surface area contributed by atoms with Gasteiger partial charge in [0, 0.05) is 15.7 Å². The number of thioether (sulfide) groups is 1. The van der Waals surface area contributed by atoms with E-state index in [1.54, 1.807) is 23.9 Å². The summed E-state index contributed by atoms with van der Waals surface area (Å²) in [5, 5.41) is 3.65. The summed E-state index contributed by atoms with van der Waals surface area (Å²) >= 11 is 7.54. The Kier molecular flexibility index (Phi) is 3.18. The van der Waals surface area contributed by atoms with Gasteiger partial charge in [-0.15, -0.1) is 11.8 Å². The molecule has 1 nitrogen and oxygen atoms in total. The number of anilines is 1. The van der Waals surface area contributed by atoms with E-state index in [9.17, 15) is 4.39 Å². The number of rotatable bonds is 2. The quantitative estimate of drug-likeness (QED) is 0.852. The van der Waals surface area contributed by atoms with E-state index in [-0.39, 0.29) is 11.9 Å². The van der Waals surface area contributed by atoms with Gasteiger partial charge in [-0.05, 0) is 29.8 Å². The van der Waals surface area contributed by atoms with Crippen LogP contribution in [0, 0.1) is 5.82 Å². The first-order chi connectivity index (χ1) is 8.74. The molecular weight excluding hydrogens is 269 g/mol. The number of hydrogen-bond donors (Lipinski definition) is 1. The lowest BCUT2D eigenvalue weighted by Gasteiger charge is -2.15. The van der Waals surface area contributed by atoms with Gasteiger partial charge in [-0.25, -0.2) is 4.39 Å². The molecule has 1 unspecified atom stereocenters. The van der Waals surface area contributed by atoms with Gasteiger partial charge in [0.2, 0.25) is 0 Å². The van der Waals surface area contributed by atoms with E-state index in [1.165, 1.54) is 16.5 Å². The summed E-state index contributed by atoms with van der Waals surface area (Å²) in [6.07, 6.45) is 0. The molecule has 0 bridgehead atoms. The van der Waals surface area contributed by atoms with Crippen molar-refractivity contribution in [2.24, 2.45) is 0 Å². The Morgan fingerprint density at radius 3 is 2.89 bits per heavy atom. The minimum Gasteiger partial charge on any atom is -0.375 e. The lowest BCUT2D eigenvalue weighted by molar-refractivity contribution is 0.628. The summed E-state index contributed by atoms with van der Waals surface area (Å²) in [5.41, 5.74) is 1.73. The van der Waals surface area contributed by atoms with Gasteiger partial charge in [0.15, 0.2) is 0 Å². The number of nitrogens with one attached hydrogen (secondary N) is 1. The van der Waals surface area contributed by atoms with Gasteiger partial charge in [0.1, 0.15) is 5.82 Å². The predicted molar refractivity (Wildman–Crippen MR) is 74.9 cm³/mol. The van der Waals surface area contributed by atoms with Gasteiger partial charge >= 0.3 is 0 Å². The molecule has 0 saturated heterocycles. The predicted octanol–water partition coefficient (Wildman–Crippen LogP) is 4.74. The highest BCUT2D eigenvalue weighted by Crippen LogP contribution is 2.39. The maximum absolute atomic E-state index is 13.7. The second-order valence-electron chi connectivity index (χ2n) is 4.17. The Morgan fingerprint density at radius 1 is 1.22 bits per heavy atom. The van der Waals surface area contributed by atoms with Crippen molar-refractivity contribution in [1.29, 1.82) is 0 Å². The first kappa shape index (κ1) is 11.9. The Labute approximate surface area is 114 Å². The van der Waals surface area contributed by atoms with Crippen LogP contribution < -0.4 is 5.32 Å². The van der Waals surface area contributed by atoms with Crippen molar-refractivity contribution >= 4 is 29.1 Å². The number of halogens is 2. The van der Waals surface area contributed by atoms with E-state index in [2.05, 4.69) is 17.4 Å². The van der Waals surface area contributed by atoms with Crippen LogP contribution in [-0.2, 0) is 0 Å². The van der Waals surface area contributed by atoms with Crippen LogP contribution in [0.4, 0.5) is 10.1 Å². The molecule has 1 atom stereocenters. The SMILES string of the molecule is Fc1cc(Cl)ccc1NC1CSc2ccccc21. The molecule has 1 aliphatic heterocycles. The molecule has 1 aliphatic rings. The normalized spacial score (nSPS) is 17.6. The maximum atomic E-state index is 13.7. The van der Waals surface area contributed by atoms with Crippen LogP contribution in [0.2, 0.25) is 5.02 Å². The fourth-order valence-electron chi connectivity index (χ4n) is 2.08. The minimum atomic E-state index is -0.308. The topological polar surface area (TPSA) is 12.0 Å². The summed E-state index contributed by atoms with van der Waals surface area (Å²) in [5.74, 6) is 0.610. The summed E-state index contributed by atoms with van der Waals surface area (Å²) in [4.78, 5) is 1.27. The number of fused-ring (bicyclic) bond motifs is 1. The van der Waals surface area contributed by atoms with Gasteiger partial charge < -0.3 is 5.32 Å². The molecule has 0 spiro atoms. The first-order valence-corrected chi connectivity index (χ1v) is 7.04. The molecule has 0 amide bonds. The van der Waals surface area contributed by atoms with Crippen LogP contribution in [0.25, 0.3) is 0 Å². The third kappa shape index (κ3) is 2.20. The molecule has 0 aromatic heterocycles. The molecule has 2 aromatic rings. The third-order valence-electron chi connectivity index (χ3n) is 2.96. The molecule has 0 saturated carbocycles. The molecule has 1 N–H and O–H groups in total. The molecule has 3 rings (SSSR count). The third-order valence-corrected chi connectivity index (χ3v) is 4.38. The van der Waals surface area contributed by atoms with Gasteiger partial charge in [-0.2, -0.15) is 0 Å². The second kappa shape index (κ2) is 4.82. The largest absolute Gasteiger partial charge is 0.375 e. The lowest BCUT2D eigenvalue weighted by Crippen LogP contribution is -2.10. The summed E-state index contributed by atoms with van der Waals surface area (Å²) in [6.45, 7) is 0. The van der Waals surface area contributed by atoms with E-state index in [0.29, 0.717) is 10.7 Å². The van der Waals surface area contributed by atoms with Crippen molar-refractivity contribution < 1.29 is 4.39 Å². The number of benzene rings is 2. The van der Waals surface area contributed by atoms with E-state index in [0.717, 1.165) is 5.75 Å². The smallest absolute Gasteiger partial charge is 0.147 e. The maximum Gasteiger partial charge on any atom is 0.147 e. The van der Waals surface area contributed by atoms with Crippen LogP contribution >= 0.6 is 23.4 Å². The zero-order chi connectivity index (χ0) is 12.5. The monoisotopic (exact) mass is 279 g/mol. The molecule has 4 heteroatoms. The Hall–Kier alpha value is -1.19. The van der Waals surface area contributed by atoms with Crippen molar-refractivity contribution in [3.05, 3.63) is 58.9 Å². The molecule has 0 fully saturated rings. The molecule has 1 heterocycles. The fourth-order valence-corrected chi connectivity index (χ4v) is 3.40. The first-order valence-electron chi connectivity index (χ1n) is 5.67. The van der Waals surface area contributed by atoms with Gasteiger partial charge in [-0.1, -0.05) is 29.8 Å². The molecule has 92 valence electrons. The van der Waals surface area contributed by atoms with Crippen LogP contribution in [0.15, 0.2) is 47.4 Å². The average Bonchev–Trinajstić information content (AvgIpc) is 2.76. The molecule has 0 radical (unpaired) electrons. The van der Waals surface area contributed by atoms with Crippen LogP contribution in [0.5, 0.6) is 0 Å². The van der Waals surface area contributed by atoms with E-state index in [1.807, 2.05) is 12.1 Å². The highest BCUT2D eigenvalue weighted by atomic mass is 35.5. The molecule has 18 heavy (non-hydrogen) atoms. The highest BCUT2D eigenvalue weighted by Gasteiger charge is 2.23. The van der Waals surface area contributed by atoms with Crippen molar-refractivity contribution in [2.75, 3.05) is 11.1 Å². The van der Waals surface area contributed by atoms with Gasteiger partial charge in [-0.3, -0.25) is 0 Å². The van der Waals surface area contributed by atoms with Gasteiger partial charge in [0.05, 0.1) is 11.7 Å². The fraction of sp³-hybridized carbons (Fsp3) is 0.143. The van der Waals surface area contributed by atoms with Gasteiger partial charge in [0.25, 0.3) is 0 Å². The van der Waals surface area contributed by atoms with Crippen molar-refractivity contribution in [2.45, 2.75) is 10.9 Å². The van der Waals surface area contributed by atoms with Crippen LogP contribution in [0.1, 0.15) is 11.6 Å². The Balaban J connectivity index is 1.86. The zero-order valence-electron chi connectivity index (χ0n) is 9.49. The summed E-state index contributed by atoms with van der Waals surface area (Å²) in [6, 6.07) is 13.1. The minimum absolute atomic E-state index is 0.155. The highest BCUT2D eigenvalue weighted by molar-refractivity contribution is 7.99. The molecule has 2 aromatic carbocycles. The lowest BCUT2D eigenvalue weighted by atomic mass is 10.1. The second-order valence-corrected chi connectivity index (χ2v) is 5.67. The van der Waals surface area contributed by atoms with Crippen molar-refractivity contribution in [3.8, 4) is 0 Å². The van der Waals surface area contributed by atoms with Crippen molar-refractivity contribution in [3.63, 3.8) is 0 Å².